The standard InChI is InChI=1S/C24H22N4O2S/c1-30-20-11-12-22-21(13-20)27-24(31-22)28-14-16(15-28)23(29)26-19-9-7-18(8-10-19)25-17-5-3-2-4-6-17/h2-13,16,25H,14-15H2,1H3,(H,26,29). The second-order valence-corrected chi connectivity index (χ2v) is 8.50. The molecule has 156 valence electrons. The van der Waals surface area contributed by atoms with Gasteiger partial charge in [0.1, 0.15) is 5.75 Å². The van der Waals surface area contributed by atoms with Crippen LogP contribution in [0.4, 0.5) is 22.2 Å². The van der Waals surface area contributed by atoms with Crippen LogP contribution in [0, 0.1) is 5.92 Å². The topological polar surface area (TPSA) is 66.5 Å². The first-order valence-electron chi connectivity index (χ1n) is 10.1. The van der Waals surface area contributed by atoms with Crippen LogP contribution in [-0.4, -0.2) is 31.1 Å². The van der Waals surface area contributed by atoms with Gasteiger partial charge in [-0.3, -0.25) is 4.79 Å². The van der Waals surface area contributed by atoms with Crippen molar-refractivity contribution in [2.45, 2.75) is 0 Å². The van der Waals surface area contributed by atoms with Gasteiger partial charge in [-0.25, -0.2) is 4.98 Å². The van der Waals surface area contributed by atoms with Crippen LogP contribution in [0.1, 0.15) is 0 Å². The Kier molecular flexibility index (Phi) is 5.18. The number of para-hydroxylation sites is 1. The molecule has 2 heterocycles. The number of nitrogens with zero attached hydrogens (tertiary/aromatic N) is 2. The van der Waals surface area contributed by atoms with Crippen molar-refractivity contribution in [2.75, 3.05) is 35.7 Å². The van der Waals surface area contributed by atoms with Gasteiger partial charge in [0.15, 0.2) is 5.13 Å². The Hall–Kier alpha value is -3.58. The molecule has 0 aliphatic carbocycles. The van der Waals surface area contributed by atoms with Crippen molar-refractivity contribution >= 4 is 49.7 Å². The summed E-state index contributed by atoms with van der Waals surface area (Å²) in [5.74, 6) is 0.807. The fourth-order valence-electron chi connectivity index (χ4n) is 3.53. The van der Waals surface area contributed by atoms with Gasteiger partial charge in [-0.1, -0.05) is 29.5 Å². The van der Waals surface area contributed by atoms with E-state index < -0.39 is 0 Å². The Balaban J connectivity index is 1.16. The minimum atomic E-state index is -0.0383. The zero-order valence-corrected chi connectivity index (χ0v) is 17.9. The van der Waals surface area contributed by atoms with E-state index in [1.54, 1.807) is 18.4 Å². The fourth-order valence-corrected chi connectivity index (χ4v) is 4.49. The zero-order chi connectivity index (χ0) is 21.2. The number of rotatable bonds is 6. The number of carbonyl (C=O) groups is 1. The lowest BCUT2D eigenvalue weighted by atomic mass is 10.00. The lowest BCUT2D eigenvalue weighted by Gasteiger charge is -2.37. The van der Waals surface area contributed by atoms with Crippen molar-refractivity contribution in [1.82, 2.24) is 4.98 Å². The Morgan fingerprint density at radius 3 is 2.45 bits per heavy atom. The molecule has 1 aromatic heterocycles. The van der Waals surface area contributed by atoms with E-state index >= 15 is 0 Å². The average molecular weight is 431 g/mol. The van der Waals surface area contributed by atoms with Gasteiger partial charge in [-0.05, 0) is 48.5 Å². The highest BCUT2D eigenvalue weighted by Gasteiger charge is 2.34. The number of thiazole rings is 1. The van der Waals surface area contributed by atoms with Gasteiger partial charge in [0.05, 0.1) is 23.2 Å². The molecule has 0 atom stereocenters. The summed E-state index contributed by atoms with van der Waals surface area (Å²) in [5.41, 5.74) is 3.74. The molecular formula is C24H22N4O2S. The SMILES string of the molecule is COc1ccc2sc(N3CC(C(=O)Nc4ccc(Nc5ccccc5)cc4)C3)nc2c1. The van der Waals surface area contributed by atoms with Crippen molar-refractivity contribution in [3.63, 3.8) is 0 Å². The van der Waals surface area contributed by atoms with Crippen LogP contribution in [0.2, 0.25) is 0 Å². The van der Waals surface area contributed by atoms with Gasteiger partial charge in [0.25, 0.3) is 0 Å². The maximum atomic E-state index is 12.6. The number of benzene rings is 3. The van der Waals surface area contributed by atoms with E-state index in [-0.39, 0.29) is 11.8 Å². The number of aromatic nitrogens is 1. The van der Waals surface area contributed by atoms with E-state index in [1.807, 2.05) is 72.8 Å². The highest BCUT2D eigenvalue weighted by molar-refractivity contribution is 7.22. The molecule has 0 spiro atoms. The highest BCUT2D eigenvalue weighted by Crippen LogP contribution is 2.34. The second kappa shape index (κ2) is 8.28. The van der Waals surface area contributed by atoms with Gasteiger partial charge in [-0.15, -0.1) is 0 Å². The molecular weight excluding hydrogens is 408 g/mol. The predicted molar refractivity (Wildman–Crippen MR) is 127 cm³/mol. The van der Waals surface area contributed by atoms with E-state index in [4.69, 9.17) is 9.72 Å². The molecule has 7 heteroatoms. The lowest BCUT2D eigenvalue weighted by Crippen LogP contribution is -2.52. The summed E-state index contributed by atoms with van der Waals surface area (Å²) in [7, 11) is 1.65. The van der Waals surface area contributed by atoms with E-state index in [0.29, 0.717) is 13.1 Å². The molecule has 5 rings (SSSR count). The maximum absolute atomic E-state index is 12.6. The number of hydrogen-bond acceptors (Lipinski definition) is 6. The van der Waals surface area contributed by atoms with Crippen LogP contribution in [0.3, 0.4) is 0 Å². The summed E-state index contributed by atoms with van der Waals surface area (Å²) in [6.07, 6.45) is 0. The highest BCUT2D eigenvalue weighted by atomic mass is 32.1. The van der Waals surface area contributed by atoms with E-state index in [0.717, 1.165) is 38.2 Å². The maximum Gasteiger partial charge on any atom is 0.231 e. The molecule has 4 aromatic rings. The molecule has 0 radical (unpaired) electrons. The number of methoxy groups -OCH3 is 1. The van der Waals surface area contributed by atoms with Gasteiger partial charge >= 0.3 is 0 Å². The van der Waals surface area contributed by atoms with Crippen LogP contribution < -0.4 is 20.3 Å². The van der Waals surface area contributed by atoms with Crippen molar-refractivity contribution in [3.8, 4) is 5.75 Å². The minimum Gasteiger partial charge on any atom is -0.497 e. The number of amides is 1. The first-order valence-corrected chi connectivity index (χ1v) is 10.9. The number of hydrogen-bond donors (Lipinski definition) is 2. The summed E-state index contributed by atoms with van der Waals surface area (Å²) in [4.78, 5) is 19.5. The largest absolute Gasteiger partial charge is 0.497 e. The smallest absolute Gasteiger partial charge is 0.231 e. The van der Waals surface area contributed by atoms with E-state index in [9.17, 15) is 4.79 Å². The third-order valence-corrected chi connectivity index (χ3v) is 6.42. The molecule has 1 amide bonds. The third-order valence-electron chi connectivity index (χ3n) is 5.32. The normalized spacial score (nSPS) is 13.6. The summed E-state index contributed by atoms with van der Waals surface area (Å²) >= 11 is 1.64. The molecule has 1 fully saturated rings. The van der Waals surface area contributed by atoms with Crippen molar-refractivity contribution in [3.05, 3.63) is 72.8 Å². The minimum absolute atomic E-state index is 0.0383. The first-order chi connectivity index (χ1) is 15.2. The van der Waals surface area contributed by atoms with Crippen LogP contribution >= 0.6 is 11.3 Å². The molecule has 0 unspecified atom stereocenters. The Bertz CT molecular complexity index is 1200. The Morgan fingerprint density at radius 2 is 1.71 bits per heavy atom. The number of ether oxygens (including phenoxy) is 1. The van der Waals surface area contributed by atoms with Crippen molar-refractivity contribution in [1.29, 1.82) is 0 Å². The van der Waals surface area contributed by atoms with E-state index in [2.05, 4.69) is 15.5 Å². The van der Waals surface area contributed by atoms with Crippen LogP contribution in [0.5, 0.6) is 5.75 Å². The summed E-state index contributed by atoms with van der Waals surface area (Å²) in [6, 6.07) is 23.7. The fraction of sp³-hybridized carbons (Fsp3) is 0.167. The number of nitrogens with one attached hydrogen (secondary N) is 2. The van der Waals surface area contributed by atoms with Crippen molar-refractivity contribution in [2.24, 2.45) is 5.92 Å². The molecule has 6 nitrogen and oxygen atoms in total. The predicted octanol–water partition coefficient (Wildman–Crippen LogP) is 5.12. The lowest BCUT2D eigenvalue weighted by molar-refractivity contribution is -0.120. The van der Waals surface area contributed by atoms with Gasteiger partial charge in [0.2, 0.25) is 5.91 Å². The zero-order valence-electron chi connectivity index (χ0n) is 17.0. The average Bonchev–Trinajstić information content (AvgIpc) is 3.17. The van der Waals surface area contributed by atoms with Crippen LogP contribution in [-0.2, 0) is 4.79 Å². The summed E-state index contributed by atoms with van der Waals surface area (Å²) in [6.45, 7) is 1.35. The third kappa shape index (κ3) is 4.18. The molecule has 31 heavy (non-hydrogen) atoms. The van der Waals surface area contributed by atoms with Crippen LogP contribution in [0.15, 0.2) is 72.8 Å². The molecule has 3 aromatic carbocycles. The number of fused-ring (bicyclic) bond motifs is 1. The first kappa shape index (κ1) is 19.4. The van der Waals surface area contributed by atoms with Gasteiger partial charge in [-0.2, -0.15) is 0 Å². The van der Waals surface area contributed by atoms with Gasteiger partial charge < -0.3 is 20.3 Å². The van der Waals surface area contributed by atoms with Crippen molar-refractivity contribution < 1.29 is 9.53 Å². The Labute approximate surface area is 184 Å². The molecule has 2 N–H and O–H groups in total. The van der Waals surface area contributed by atoms with E-state index in [1.165, 1.54) is 0 Å². The quantitative estimate of drug-likeness (QED) is 0.444. The van der Waals surface area contributed by atoms with Gasteiger partial charge in [0, 0.05) is 36.2 Å². The Morgan fingerprint density at radius 1 is 1.00 bits per heavy atom. The molecule has 1 aliphatic rings. The number of carbonyl (C=O) groups excluding carboxylic acids is 1. The molecule has 1 aliphatic heterocycles. The molecule has 0 bridgehead atoms. The monoisotopic (exact) mass is 430 g/mol. The summed E-state index contributed by atoms with van der Waals surface area (Å²) in [5, 5.41) is 7.31. The summed E-state index contributed by atoms with van der Waals surface area (Å²) < 4.78 is 6.39. The molecule has 1 saturated heterocycles. The molecule has 0 saturated carbocycles. The number of anilines is 4. The second-order valence-electron chi connectivity index (χ2n) is 7.49. The van der Waals surface area contributed by atoms with Crippen LogP contribution in [0.25, 0.3) is 10.2 Å².